The van der Waals surface area contributed by atoms with E-state index in [1.807, 2.05) is 20.3 Å². The number of rotatable bonds is 2. The van der Waals surface area contributed by atoms with Crippen LogP contribution in [0.5, 0.6) is 0 Å². The highest BCUT2D eigenvalue weighted by Gasteiger charge is 2.01. The smallest absolute Gasteiger partial charge is 0.132 e. The number of ketones is 1. The lowest BCUT2D eigenvalue weighted by atomic mass is 10.1. The first-order chi connectivity index (χ1) is 3.18. The third-order valence-corrected chi connectivity index (χ3v) is 1.14. The Bertz CT molecular complexity index is 66.6. The SMILES string of the molecule is C[CH]C(C)C(C)=O. The molecular formula is C6H11O. The van der Waals surface area contributed by atoms with Crippen LogP contribution >= 0.6 is 0 Å². The molecule has 0 spiro atoms. The van der Waals surface area contributed by atoms with Gasteiger partial charge in [0.1, 0.15) is 5.78 Å². The van der Waals surface area contributed by atoms with Crippen LogP contribution in [0.3, 0.4) is 0 Å². The third kappa shape index (κ3) is 2.38. The van der Waals surface area contributed by atoms with Crippen molar-refractivity contribution in [3.05, 3.63) is 6.42 Å². The number of carbonyl (C=O) groups is 1. The fraction of sp³-hybridized carbons (Fsp3) is 0.667. The van der Waals surface area contributed by atoms with Gasteiger partial charge in [0.2, 0.25) is 0 Å². The molecule has 1 nitrogen and oxygen atoms in total. The zero-order chi connectivity index (χ0) is 5.86. The Morgan fingerprint density at radius 2 is 2.14 bits per heavy atom. The number of hydrogen-bond donors (Lipinski definition) is 0. The van der Waals surface area contributed by atoms with Crippen LogP contribution in [-0.2, 0) is 4.79 Å². The van der Waals surface area contributed by atoms with Crippen LogP contribution in [0.2, 0.25) is 0 Å². The monoisotopic (exact) mass is 99.1 g/mol. The first-order valence-corrected chi connectivity index (χ1v) is 2.48. The molecule has 1 radical (unpaired) electrons. The largest absolute Gasteiger partial charge is 0.300 e. The maximum Gasteiger partial charge on any atom is 0.132 e. The van der Waals surface area contributed by atoms with Crippen LogP contribution in [0.25, 0.3) is 0 Å². The Balaban J connectivity index is 3.34. The molecule has 41 valence electrons. The summed E-state index contributed by atoms with van der Waals surface area (Å²) >= 11 is 0. The molecule has 7 heavy (non-hydrogen) atoms. The highest BCUT2D eigenvalue weighted by molar-refractivity contribution is 5.78. The van der Waals surface area contributed by atoms with Crippen molar-refractivity contribution in [2.45, 2.75) is 20.8 Å². The number of carbonyl (C=O) groups excluding carboxylic acids is 1. The van der Waals surface area contributed by atoms with Crippen LogP contribution in [0.1, 0.15) is 20.8 Å². The molecule has 1 unspecified atom stereocenters. The van der Waals surface area contributed by atoms with Gasteiger partial charge in [-0.3, -0.25) is 4.79 Å². The van der Waals surface area contributed by atoms with E-state index in [9.17, 15) is 4.79 Å². The van der Waals surface area contributed by atoms with E-state index in [0.717, 1.165) is 0 Å². The maximum atomic E-state index is 10.3. The molecule has 1 atom stereocenters. The van der Waals surface area contributed by atoms with E-state index < -0.39 is 0 Å². The lowest BCUT2D eigenvalue weighted by molar-refractivity contribution is -0.119. The van der Waals surface area contributed by atoms with Crippen molar-refractivity contribution in [3.63, 3.8) is 0 Å². The van der Waals surface area contributed by atoms with Crippen LogP contribution in [0.4, 0.5) is 0 Å². The second-order valence-electron chi connectivity index (χ2n) is 1.73. The predicted molar refractivity (Wildman–Crippen MR) is 29.8 cm³/mol. The molecule has 0 saturated heterocycles. The van der Waals surface area contributed by atoms with Gasteiger partial charge in [-0.05, 0) is 13.3 Å². The Morgan fingerprint density at radius 3 is 2.14 bits per heavy atom. The fourth-order valence-electron chi connectivity index (χ4n) is 0.235. The summed E-state index contributed by atoms with van der Waals surface area (Å²) in [6, 6.07) is 0. The van der Waals surface area contributed by atoms with Gasteiger partial charge in [-0.2, -0.15) is 0 Å². The van der Waals surface area contributed by atoms with E-state index in [2.05, 4.69) is 0 Å². The minimum atomic E-state index is 0.139. The van der Waals surface area contributed by atoms with Crippen molar-refractivity contribution in [2.75, 3.05) is 0 Å². The molecule has 0 aromatic rings. The van der Waals surface area contributed by atoms with Gasteiger partial charge in [-0.1, -0.05) is 13.8 Å². The summed E-state index contributed by atoms with van der Waals surface area (Å²) in [5.74, 6) is 0.377. The first-order valence-electron chi connectivity index (χ1n) is 2.48. The topological polar surface area (TPSA) is 17.1 Å². The zero-order valence-electron chi connectivity index (χ0n) is 5.06. The van der Waals surface area contributed by atoms with E-state index in [1.165, 1.54) is 0 Å². The van der Waals surface area contributed by atoms with Crippen molar-refractivity contribution >= 4 is 5.78 Å². The molecule has 0 aliphatic rings. The highest BCUT2D eigenvalue weighted by Crippen LogP contribution is 1.98. The number of hydrogen-bond acceptors (Lipinski definition) is 1. The summed E-state index contributed by atoms with van der Waals surface area (Å²) in [5.41, 5.74) is 0. The molecule has 0 fully saturated rings. The Kier molecular flexibility index (Phi) is 2.65. The van der Waals surface area contributed by atoms with Gasteiger partial charge < -0.3 is 0 Å². The molecule has 0 bridgehead atoms. The summed E-state index contributed by atoms with van der Waals surface area (Å²) in [5, 5.41) is 0. The van der Waals surface area contributed by atoms with Gasteiger partial charge in [0.25, 0.3) is 0 Å². The summed E-state index contributed by atoms with van der Waals surface area (Å²) in [6.45, 7) is 5.39. The Hall–Kier alpha value is -0.330. The molecule has 0 aromatic heterocycles. The maximum absolute atomic E-state index is 10.3. The van der Waals surface area contributed by atoms with E-state index >= 15 is 0 Å². The summed E-state index contributed by atoms with van der Waals surface area (Å²) in [4.78, 5) is 10.3. The van der Waals surface area contributed by atoms with Crippen molar-refractivity contribution in [1.29, 1.82) is 0 Å². The predicted octanol–water partition coefficient (Wildman–Crippen LogP) is 1.44. The van der Waals surface area contributed by atoms with E-state index in [0.29, 0.717) is 0 Å². The Morgan fingerprint density at radius 1 is 1.71 bits per heavy atom. The molecule has 0 aliphatic heterocycles. The molecular weight excluding hydrogens is 88.1 g/mol. The molecule has 0 N–H and O–H groups in total. The van der Waals surface area contributed by atoms with E-state index in [4.69, 9.17) is 0 Å². The third-order valence-electron chi connectivity index (χ3n) is 1.14. The molecule has 0 amide bonds. The molecule has 1 heteroatoms. The lowest BCUT2D eigenvalue weighted by Crippen LogP contribution is -2.03. The van der Waals surface area contributed by atoms with Crippen LogP contribution in [-0.4, -0.2) is 5.78 Å². The fourth-order valence-corrected chi connectivity index (χ4v) is 0.235. The van der Waals surface area contributed by atoms with Crippen molar-refractivity contribution < 1.29 is 4.79 Å². The van der Waals surface area contributed by atoms with Gasteiger partial charge in [0.05, 0.1) is 0 Å². The average molecular weight is 99.2 g/mol. The summed E-state index contributed by atoms with van der Waals surface area (Å²) in [7, 11) is 0. The van der Waals surface area contributed by atoms with Crippen molar-refractivity contribution in [3.8, 4) is 0 Å². The normalized spacial score (nSPS) is 13.6. The minimum Gasteiger partial charge on any atom is -0.300 e. The van der Waals surface area contributed by atoms with Gasteiger partial charge >= 0.3 is 0 Å². The van der Waals surface area contributed by atoms with Gasteiger partial charge in [-0.15, -0.1) is 0 Å². The molecule has 0 saturated carbocycles. The summed E-state index contributed by atoms with van der Waals surface area (Å²) < 4.78 is 0. The molecule has 0 heterocycles. The van der Waals surface area contributed by atoms with Crippen molar-refractivity contribution in [1.82, 2.24) is 0 Å². The second-order valence-corrected chi connectivity index (χ2v) is 1.73. The zero-order valence-corrected chi connectivity index (χ0v) is 5.06. The average Bonchev–Trinajstić information content (AvgIpc) is 1.65. The molecule has 0 rings (SSSR count). The van der Waals surface area contributed by atoms with Gasteiger partial charge in [-0.25, -0.2) is 0 Å². The lowest BCUT2D eigenvalue weighted by Gasteiger charge is -1.97. The Labute approximate surface area is 44.7 Å². The minimum absolute atomic E-state index is 0.139. The van der Waals surface area contributed by atoms with Crippen LogP contribution < -0.4 is 0 Å². The number of Topliss-reactive ketones (excluding diaryl/α,β-unsaturated/α-hetero) is 1. The second kappa shape index (κ2) is 2.78. The van der Waals surface area contributed by atoms with Gasteiger partial charge in [0.15, 0.2) is 0 Å². The summed E-state index contributed by atoms with van der Waals surface area (Å²) in [6.07, 6.45) is 1.89. The molecule has 0 aliphatic carbocycles. The highest BCUT2D eigenvalue weighted by atomic mass is 16.1. The molecule has 0 aromatic carbocycles. The van der Waals surface area contributed by atoms with Gasteiger partial charge in [0, 0.05) is 5.92 Å². The van der Waals surface area contributed by atoms with Crippen LogP contribution in [0, 0.1) is 12.3 Å². The van der Waals surface area contributed by atoms with E-state index in [1.54, 1.807) is 6.92 Å². The van der Waals surface area contributed by atoms with Crippen LogP contribution in [0.15, 0.2) is 0 Å². The van der Waals surface area contributed by atoms with Crippen molar-refractivity contribution in [2.24, 2.45) is 5.92 Å². The standard InChI is InChI=1S/C6H11O/c1-4-5(2)6(3)7/h4-5H,1-3H3. The quantitative estimate of drug-likeness (QED) is 0.512. The van der Waals surface area contributed by atoms with E-state index in [-0.39, 0.29) is 11.7 Å². The first kappa shape index (κ1) is 6.67.